The van der Waals surface area contributed by atoms with Crippen LogP contribution in [-0.2, 0) is 14.3 Å². The minimum absolute atomic E-state index is 0.0485. The molecular formula is C9H16O4. The molecule has 0 saturated carbocycles. The van der Waals surface area contributed by atoms with Crippen molar-refractivity contribution in [3.8, 4) is 0 Å². The van der Waals surface area contributed by atoms with Crippen LogP contribution < -0.4 is 0 Å². The molecule has 0 aliphatic heterocycles. The third-order valence-corrected chi connectivity index (χ3v) is 1.70. The first kappa shape index (κ1) is 12.1. The molecule has 0 amide bonds. The molecule has 4 heteroatoms. The molecule has 0 bridgehead atoms. The van der Waals surface area contributed by atoms with Crippen molar-refractivity contribution in [2.75, 3.05) is 13.7 Å². The second-order valence-corrected chi connectivity index (χ2v) is 2.80. The summed E-state index contributed by atoms with van der Waals surface area (Å²) in [6.07, 6.45) is 2.39. The largest absolute Gasteiger partial charge is 0.469 e. The first-order valence-corrected chi connectivity index (χ1v) is 4.40. The molecule has 0 fully saturated rings. The number of Topliss-reactive ketones (excluding diaryl/α,β-unsaturated/α-hetero) is 1. The number of aliphatic hydroxyl groups excluding tert-OH is 1. The first-order valence-electron chi connectivity index (χ1n) is 4.40. The van der Waals surface area contributed by atoms with E-state index < -0.39 is 0 Å². The third-order valence-electron chi connectivity index (χ3n) is 1.70. The molecule has 0 radical (unpaired) electrons. The zero-order valence-electron chi connectivity index (χ0n) is 7.91. The summed E-state index contributed by atoms with van der Waals surface area (Å²) in [6.45, 7) is -0.0875. The normalized spacial score (nSPS) is 9.69. The van der Waals surface area contributed by atoms with E-state index in [9.17, 15) is 9.59 Å². The molecule has 0 unspecified atom stereocenters. The summed E-state index contributed by atoms with van der Waals surface area (Å²) in [6, 6.07) is 0. The maximum Gasteiger partial charge on any atom is 0.305 e. The number of carbonyl (C=O) groups is 2. The summed E-state index contributed by atoms with van der Waals surface area (Å²) in [5.41, 5.74) is 0. The van der Waals surface area contributed by atoms with Crippen LogP contribution in [0.1, 0.15) is 32.1 Å². The van der Waals surface area contributed by atoms with Gasteiger partial charge in [0.2, 0.25) is 0 Å². The van der Waals surface area contributed by atoms with Gasteiger partial charge in [-0.1, -0.05) is 0 Å². The van der Waals surface area contributed by atoms with Crippen LogP contribution >= 0.6 is 0 Å². The third kappa shape index (κ3) is 7.46. The molecular weight excluding hydrogens is 172 g/mol. The van der Waals surface area contributed by atoms with E-state index in [1.165, 1.54) is 7.11 Å². The average molecular weight is 188 g/mol. The van der Waals surface area contributed by atoms with Gasteiger partial charge in [0.15, 0.2) is 0 Å². The van der Waals surface area contributed by atoms with Gasteiger partial charge in [-0.3, -0.25) is 9.59 Å². The molecule has 0 rings (SSSR count). The second kappa shape index (κ2) is 7.73. The highest BCUT2D eigenvalue weighted by Gasteiger charge is 2.03. The Bertz CT molecular complexity index is 165. The predicted octanol–water partition coefficient (Wildman–Crippen LogP) is 0.671. The highest BCUT2D eigenvalue weighted by molar-refractivity contribution is 5.78. The van der Waals surface area contributed by atoms with Crippen molar-refractivity contribution in [2.24, 2.45) is 0 Å². The van der Waals surface area contributed by atoms with Crippen LogP contribution in [0.4, 0.5) is 0 Å². The van der Waals surface area contributed by atoms with Gasteiger partial charge >= 0.3 is 5.97 Å². The van der Waals surface area contributed by atoms with Gasteiger partial charge in [-0.15, -0.1) is 0 Å². The molecule has 0 spiro atoms. The molecule has 0 atom stereocenters. The summed E-state index contributed by atoms with van der Waals surface area (Å²) in [7, 11) is 1.35. The van der Waals surface area contributed by atoms with Crippen molar-refractivity contribution in [2.45, 2.75) is 32.1 Å². The zero-order chi connectivity index (χ0) is 10.1. The van der Waals surface area contributed by atoms with Crippen molar-refractivity contribution in [1.82, 2.24) is 0 Å². The lowest BCUT2D eigenvalue weighted by Gasteiger charge is -1.99. The van der Waals surface area contributed by atoms with Crippen LogP contribution in [0.2, 0.25) is 0 Å². The number of unbranched alkanes of at least 4 members (excludes halogenated alkanes) is 1. The van der Waals surface area contributed by atoms with E-state index in [1.807, 2.05) is 0 Å². The molecule has 1 N–H and O–H groups in total. The van der Waals surface area contributed by atoms with Crippen LogP contribution in [0.15, 0.2) is 0 Å². The van der Waals surface area contributed by atoms with Crippen molar-refractivity contribution in [3.63, 3.8) is 0 Å². The lowest BCUT2D eigenvalue weighted by atomic mass is 10.1. The van der Waals surface area contributed by atoms with Gasteiger partial charge < -0.3 is 9.84 Å². The Kier molecular flexibility index (Phi) is 7.20. The first-order chi connectivity index (χ1) is 6.20. The van der Waals surface area contributed by atoms with Crippen LogP contribution in [0.3, 0.4) is 0 Å². The van der Waals surface area contributed by atoms with Gasteiger partial charge in [0, 0.05) is 25.9 Å². The second-order valence-electron chi connectivity index (χ2n) is 2.80. The quantitative estimate of drug-likeness (QED) is 0.471. The zero-order valence-corrected chi connectivity index (χ0v) is 7.91. The molecule has 0 aromatic heterocycles. The van der Waals surface area contributed by atoms with E-state index in [-0.39, 0.29) is 24.8 Å². The molecule has 4 nitrogen and oxygen atoms in total. The van der Waals surface area contributed by atoms with Gasteiger partial charge in [0.1, 0.15) is 5.78 Å². The van der Waals surface area contributed by atoms with E-state index in [2.05, 4.69) is 4.74 Å². The molecule has 0 aromatic rings. The molecule has 0 aromatic carbocycles. The number of carbonyl (C=O) groups excluding carboxylic acids is 2. The SMILES string of the molecule is COC(=O)CCCCC(=O)CCO. The fourth-order valence-corrected chi connectivity index (χ4v) is 0.943. The van der Waals surface area contributed by atoms with Gasteiger partial charge in [0.05, 0.1) is 7.11 Å². The standard InChI is InChI=1S/C9H16O4/c1-13-9(12)5-3-2-4-8(11)6-7-10/h10H,2-7H2,1H3. The molecule has 0 heterocycles. The summed E-state index contributed by atoms with van der Waals surface area (Å²) in [4.78, 5) is 21.5. The Labute approximate surface area is 77.9 Å². The maximum atomic E-state index is 10.9. The van der Waals surface area contributed by atoms with E-state index in [1.54, 1.807) is 0 Å². The molecule has 0 saturated heterocycles. The van der Waals surface area contributed by atoms with Crippen molar-refractivity contribution in [3.05, 3.63) is 0 Å². The van der Waals surface area contributed by atoms with E-state index >= 15 is 0 Å². The van der Waals surface area contributed by atoms with E-state index in [4.69, 9.17) is 5.11 Å². The van der Waals surface area contributed by atoms with Crippen molar-refractivity contribution >= 4 is 11.8 Å². The van der Waals surface area contributed by atoms with Gasteiger partial charge in [-0.2, -0.15) is 0 Å². The fourth-order valence-electron chi connectivity index (χ4n) is 0.943. The summed E-state index contributed by atoms with van der Waals surface area (Å²) >= 11 is 0. The Hall–Kier alpha value is -0.900. The van der Waals surface area contributed by atoms with Crippen LogP contribution in [0.25, 0.3) is 0 Å². The molecule has 13 heavy (non-hydrogen) atoms. The smallest absolute Gasteiger partial charge is 0.305 e. The fraction of sp³-hybridized carbons (Fsp3) is 0.778. The molecule has 0 aliphatic rings. The number of ketones is 1. The minimum Gasteiger partial charge on any atom is -0.469 e. The Morgan fingerprint density at radius 3 is 2.31 bits per heavy atom. The van der Waals surface area contributed by atoms with Gasteiger partial charge in [0.25, 0.3) is 0 Å². The summed E-state index contributed by atoms with van der Waals surface area (Å²) in [5, 5.41) is 8.42. The van der Waals surface area contributed by atoms with Crippen molar-refractivity contribution < 1.29 is 19.4 Å². The van der Waals surface area contributed by atoms with Crippen LogP contribution in [0, 0.1) is 0 Å². The number of hydrogen-bond donors (Lipinski definition) is 1. The van der Waals surface area contributed by atoms with Crippen molar-refractivity contribution in [1.29, 1.82) is 0 Å². The van der Waals surface area contributed by atoms with E-state index in [0.29, 0.717) is 25.7 Å². The average Bonchev–Trinajstić information content (AvgIpc) is 2.12. The van der Waals surface area contributed by atoms with Gasteiger partial charge in [-0.05, 0) is 12.8 Å². The number of aliphatic hydroxyl groups is 1. The Balaban J connectivity index is 3.25. The van der Waals surface area contributed by atoms with E-state index in [0.717, 1.165) is 0 Å². The maximum absolute atomic E-state index is 10.9. The number of hydrogen-bond acceptors (Lipinski definition) is 4. The summed E-state index contributed by atoms with van der Waals surface area (Å²) in [5.74, 6) is -0.193. The number of rotatable bonds is 7. The minimum atomic E-state index is -0.241. The lowest BCUT2D eigenvalue weighted by molar-refractivity contribution is -0.140. The topological polar surface area (TPSA) is 63.6 Å². The number of methoxy groups -OCH3 is 1. The number of ether oxygens (including phenoxy) is 1. The van der Waals surface area contributed by atoms with Gasteiger partial charge in [-0.25, -0.2) is 0 Å². The summed E-state index contributed by atoms with van der Waals surface area (Å²) < 4.78 is 4.44. The van der Waals surface area contributed by atoms with Crippen LogP contribution in [-0.4, -0.2) is 30.6 Å². The predicted molar refractivity (Wildman–Crippen MR) is 47.2 cm³/mol. The monoisotopic (exact) mass is 188 g/mol. The Morgan fingerprint density at radius 2 is 1.77 bits per heavy atom. The van der Waals surface area contributed by atoms with Crippen LogP contribution in [0.5, 0.6) is 0 Å². The number of esters is 1. The highest BCUT2D eigenvalue weighted by atomic mass is 16.5. The Morgan fingerprint density at radius 1 is 1.15 bits per heavy atom. The highest BCUT2D eigenvalue weighted by Crippen LogP contribution is 2.02. The molecule has 0 aliphatic carbocycles. The lowest BCUT2D eigenvalue weighted by Crippen LogP contribution is -2.03. The molecule has 76 valence electrons.